The van der Waals surface area contributed by atoms with Gasteiger partial charge in [-0.05, 0) is 43.3 Å². The van der Waals surface area contributed by atoms with E-state index < -0.39 is 0 Å². The number of carbonyl (C=O) groups excluding carboxylic acids is 1. The van der Waals surface area contributed by atoms with Crippen LogP contribution >= 0.6 is 11.3 Å². The minimum atomic E-state index is -0.276. The Kier molecular flexibility index (Phi) is 3.04. The van der Waals surface area contributed by atoms with Gasteiger partial charge in [-0.2, -0.15) is 0 Å². The van der Waals surface area contributed by atoms with Gasteiger partial charge in [-0.3, -0.25) is 4.79 Å². The molecule has 0 saturated heterocycles. The van der Waals surface area contributed by atoms with Gasteiger partial charge in [0.1, 0.15) is 5.82 Å². The number of nitrogens with zero attached hydrogens (tertiary/aromatic N) is 2. The lowest BCUT2D eigenvalue weighted by molar-refractivity contribution is 0.101. The molecule has 6 heteroatoms. The highest BCUT2D eigenvalue weighted by Gasteiger charge is 2.28. The summed E-state index contributed by atoms with van der Waals surface area (Å²) >= 11 is 1.71. The van der Waals surface area contributed by atoms with Gasteiger partial charge < -0.3 is 9.84 Å². The molecular formula is C16H13N3O2S. The van der Waals surface area contributed by atoms with Crippen LogP contribution in [0.1, 0.15) is 26.6 Å². The molecular weight excluding hydrogens is 298 g/mol. The zero-order valence-electron chi connectivity index (χ0n) is 11.9. The fourth-order valence-corrected chi connectivity index (χ4v) is 3.57. The number of aryl methyl sites for hydroxylation is 2. The third-order valence-corrected chi connectivity index (χ3v) is 4.71. The number of hydrogen-bond acceptors (Lipinski definition) is 5. The molecule has 0 spiro atoms. The number of hydrogen-bond donors (Lipinski definition) is 1. The number of carbonyl (C=O) groups is 1. The van der Waals surface area contributed by atoms with E-state index in [1.165, 1.54) is 4.88 Å². The van der Waals surface area contributed by atoms with Gasteiger partial charge in [0.25, 0.3) is 5.91 Å². The van der Waals surface area contributed by atoms with E-state index in [0.29, 0.717) is 11.5 Å². The molecule has 3 aromatic rings. The lowest BCUT2D eigenvalue weighted by atomic mass is 9.95. The van der Waals surface area contributed by atoms with Crippen LogP contribution in [-0.4, -0.2) is 16.0 Å². The molecule has 110 valence electrons. The average Bonchev–Trinajstić information content (AvgIpc) is 3.13. The zero-order valence-corrected chi connectivity index (χ0v) is 12.7. The average molecular weight is 311 g/mol. The van der Waals surface area contributed by atoms with E-state index in [0.717, 1.165) is 35.4 Å². The Hall–Kier alpha value is -2.47. The van der Waals surface area contributed by atoms with Crippen molar-refractivity contribution in [3.63, 3.8) is 0 Å². The minimum absolute atomic E-state index is 0.276. The van der Waals surface area contributed by atoms with Gasteiger partial charge in [0.2, 0.25) is 0 Å². The summed E-state index contributed by atoms with van der Waals surface area (Å²) in [5.41, 5.74) is 3.15. The van der Waals surface area contributed by atoms with E-state index in [4.69, 9.17) is 4.52 Å². The van der Waals surface area contributed by atoms with Crippen molar-refractivity contribution < 1.29 is 9.32 Å². The number of anilines is 1. The number of thiophene rings is 1. The van der Waals surface area contributed by atoms with Crippen LogP contribution in [0.2, 0.25) is 0 Å². The third-order valence-electron chi connectivity index (χ3n) is 3.73. The number of amides is 1. The zero-order chi connectivity index (χ0) is 15.1. The Morgan fingerprint density at radius 2 is 2.23 bits per heavy atom. The van der Waals surface area contributed by atoms with Crippen LogP contribution in [0.5, 0.6) is 0 Å². The first-order valence-electron chi connectivity index (χ1n) is 7.02. The van der Waals surface area contributed by atoms with Crippen LogP contribution in [0.15, 0.2) is 34.2 Å². The molecule has 0 saturated carbocycles. The first-order valence-corrected chi connectivity index (χ1v) is 7.90. The van der Waals surface area contributed by atoms with Crippen molar-refractivity contribution in [2.24, 2.45) is 0 Å². The predicted molar refractivity (Wildman–Crippen MR) is 84.2 cm³/mol. The van der Waals surface area contributed by atoms with Gasteiger partial charge in [0.15, 0.2) is 11.5 Å². The molecule has 5 nitrogen and oxygen atoms in total. The molecule has 1 N–H and O–H groups in total. The van der Waals surface area contributed by atoms with Crippen molar-refractivity contribution in [2.75, 3.05) is 5.32 Å². The fourth-order valence-electron chi connectivity index (χ4n) is 2.69. The first-order chi connectivity index (χ1) is 10.7. The van der Waals surface area contributed by atoms with Gasteiger partial charge >= 0.3 is 0 Å². The number of aromatic nitrogens is 2. The van der Waals surface area contributed by atoms with E-state index in [2.05, 4.69) is 15.5 Å². The summed E-state index contributed by atoms with van der Waals surface area (Å²) in [5, 5.41) is 8.81. The topological polar surface area (TPSA) is 68.0 Å². The summed E-state index contributed by atoms with van der Waals surface area (Å²) in [6.07, 6.45) is 1.69. The minimum Gasteiger partial charge on any atom is -0.355 e. The first kappa shape index (κ1) is 13.2. The SMILES string of the molecule is Cc1cccc(NC(=O)c2noc3c2CCc2sccc2-3)n1. The molecule has 0 fully saturated rings. The van der Waals surface area contributed by atoms with Gasteiger partial charge in [-0.25, -0.2) is 4.98 Å². The molecule has 0 aromatic carbocycles. The van der Waals surface area contributed by atoms with Crippen molar-refractivity contribution in [1.29, 1.82) is 0 Å². The van der Waals surface area contributed by atoms with E-state index in [-0.39, 0.29) is 5.91 Å². The van der Waals surface area contributed by atoms with Gasteiger partial charge in [0.05, 0.1) is 0 Å². The number of fused-ring (bicyclic) bond motifs is 3. The molecule has 1 aliphatic carbocycles. The summed E-state index contributed by atoms with van der Waals surface area (Å²) in [6.45, 7) is 1.88. The van der Waals surface area contributed by atoms with E-state index in [1.807, 2.05) is 30.5 Å². The van der Waals surface area contributed by atoms with Crippen LogP contribution in [0.25, 0.3) is 11.3 Å². The van der Waals surface area contributed by atoms with Crippen molar-refractivity contribution in [2.45, 2.75) is 19.8 Å². The van der Waals surface area contributed by atoms with E-state index in [1.54, 1.807) is 17.4 Å². The van der Waals surface area contributed by atoms with Crippen molar-refractivity contribution in [3.8, 4) is 11.3 Å². The second kappa shape index (κ2) is 5.06. The predicted octanol–water partition coefficient (Wildman–Crippen LogP) is 3.46. The lowest BCUT2D eigenvalue weighted by Crippen LogP contribution is -2.16. The summed E-state index contributed by atoms with van der Waals surface area (Å²) in [7, 11) is 0. The summed E-state index contributed by atoms with van der Waals surface area (Å²) < 4.78 is 5.43. The Morgan fingerprint density at radius 3 is 3.09 bits per heavy atom. The highest BCUT2D eigenvalue weighted by atomic mass is 32.1. The second-order valence-corrected chi connectivity index (χ2v) is 6.22. The quantitative estimate of drug-likeness (QED) is 0.787. The highest BCUT2D eigenvalue weighted by Crippen LogP contribution is 2.38. The van der Waals surface area contributed by atoms with Crippen molar-refractivity contribution >= 4 is 23.1 Å². The number of nitrogens with one attached hydrogen (secondary N) is 1. The molecule has 1 amide bonds. The Labute approximate surface area is 131 Å². The maximum absolute atomic E-state index is 12.4. The molecule has 0 bridgehead atoms. The Morgan fingerprint density at radius 1 is 1.32 bits per heavy atom. The molecule has 3 heterocycles. The Bertz CT molecular complexity index is 866. The number of pyridine rings is 1. The largest absolute Gasteiger partial charge is 0.355 e. The van der Waals surface area contributed by atoms with Crippen LogP contribution in [0, 0.1) is 6.92 Å². The highest BCUT2D eigenvalue weighted by molar-refractivity contribution is 7.10. The summed E-state index contributed by atoms with van der Waals surface area (Å²) in [5.74, 6) is 0.973. The molecule has 0 radical (unpaired) electrons. The van der Waals surface area contributed by atoms with Crippen LogP contribution in [0.4, 0.5) is 5.82 Å². The maximum atomic E-state index is 12.4. The molecule has 22 heavy (non-hydrogen) atoms. The van der Waals surface area contributed by atoms with Crippen molar-refractivity contribution in [1.82, 2.24) is 10.1 Å². The summed E-state index contributed by atoms with van der Waals surface area (Å²) in [6, 6.07) is 7.51. The molecule has 3 aromatic heterocycles. The standard InChI is InChI=1S/C16H13N3O2S/c1-9-3-2-4-13(17-9)18-16(20)14-11-5-6-12-10(7-8-22-12)15(11)21-19-14/h2-4,7-8H,5-6H2,1H3,(H,17,18,20). The second-order valence-electron chi connectivity index (χ2n) is 5.21. The van der Waals surface area contributed by atoms with Crippen molar-refractivity contribution in [3.05, 3.63) is 51.5 Å². The normalized spacial score (nSPS) is 12.6. The molecule has 0 atom stereocenters. The van der Waals surface area contributed by atoms with Crippen LogP contribution < -0.4 is 5.32 Å². The van der Waals surface area contributed by atoms with Gasteiger partial charge in [-0.15, -0.1) is 11.3 Å². The van der Waals surface area contributed by atoms with E-state index in [9.17, 15) is 4.79 Å². The van der Waals surface area contributed by atoms with Crippen LogP contribution in [-0.2, 0) is 12.8 Å². The monoisotopic (exact) mass is 311 g/mol. The smallest absolute Gasteiger partial charge is 0.279 e. The number of rotatable bonds is 2. The fraction of sp³-hybridized carbons (Fsp3) is 0.188. The molecule has 4 rings (SSSR count). The van der Waals surface area contributed by atoms with Gasteiger partial charge in [0, 0.05) is 21.7 Å². The maximum Gasteiger partial charge on any atom is 0.279 e. The molecule has 1 aliphatic rings. The Balaban J connectivity index is 1.66. The van der Waals surface area contributed by atoms with E-state index >= 15 is 0 Å². The molecule has 0 unspecified atom stereocenters. The van der Waals surface area contributed by atoms with Crippen LogP contribution in [0.3, 0.4) is 0 Å². The summed E-state index contributed by atoms with van der Waals surface area (Å²) in [4.78, 5) is 18.0. The lowest BCUT2D eigenvalue weighted by Gasteiger charge is -2.10. The molecule has 0 aliphatic heterocycles. The van der Waals surface area contributed by atoms with Gasteiger partial charge in [-0.1, -0.05) is 11.2 Å². The third kappa shape index (κ3) is 2.12.